The summed E-state index contributed by atoms with van der Waals surface area (Å²) in [6.07, 6.45) is 7.31. The van der Waals surface area contributed by atoms with E-state index in [0.717, 1.165) is 11.8 Å². The first-order valence-corrected chi connectivity index (χ1v) is 4.71. The molecule has 0 N–H and O–H groups in total. The Morgan fingerprint density at radius 3 is 2.82 bits per heavy atom. The fourth-order valence-corrected chi connectivity index (χ4v) is 3.35. The van der Waals surface area contributed by atoms with Gasteiger partial charge in [0, 0.05) is 11.8 Å². The summed E-state index contributed by atoms with van der Waals surface area (Å²) in [5, 5.41) is 0. The summed E-state index contributed by atoms with van der Waals surface area (Å²) < 4.78 is 0. The predicted octanol–water partition coefficient (Wildman–Crippen LogP) is 1.83. The monoisotopic (exact) mass is 149 g/mol. The Labute approximate surface area is 67.2 Å². The van der Waals surface area contributed by atoms with Crippen LogP contribution in [0.25, 0.3) is 0 Å². The molecule has 0 spiro atoms. The summed E-state index contributed by atoms with van der Waals surface area (Å²) in [6.45, 7) is 0. The zero-order valence-corrected chi connectivity index (χ0v) is 6.62. The molecule has 4 aliphatic rings. The lowest BCUT2D eigenvalue weighted by Crippen LogP contribution is -2.45. The van der Waals surface area contributed by atoms with Crippen molar-refractivity contribution in [2.24, 2.45) is 23.7 Å². The van der Waals surface area contributed by atoms with E-state index in [2.05, 4.69) is 6.42 Å². The van der Waals surface area contributed by atoms with Crippen molar-refractivity contribution in [3.63, 3.8) is 0 Å². The predicted molar refractivity (Wildman–Crippen MR) is 41.7 cm³/mol. The van der Waals surface area contributed by atoms with Crippen molar-refractivity contribution in [2.75, 3.05) is 0 Å². The van der Waals surface area contributed by atoms with Gasteiger partial charge in [-0.3, -0.25) is 4.79 Å². The molecule has 1 nitrogen and oxygen atoms in total. The van der Waals surface area contributed by atoms with Crippen LogP contribution in [0.5, 0.6) is 0 Å². The molecular formula is C10H13O. The molecular weight excluding hydrogens is 136 g/mol. The maximum atomic E-state index is 11.5. The molecule has 0 aromatic carbocycles. The third kappa shape index (κ3) is 0.743. The highest BCUT2D eigenvalue weighted by Crippen LogP contribution is 2.51. The van der Waals surface area contributed by atoms with Gasteiger partial charge in [0.2, 0.25) is 0 Å². The molecule has 4 saturated carbocycles. The Balaban J connectivity index is 1.96. The van der Waals surface area contributed by atoms with Gasteiger partial charge in [0.15, 0.2) is 0 Å². The summed E-state index contributed by atoms with van der Waals surface area (Å²) in [5.74, 6) is 3.15. The van der Waals surface area contributed by atoms with Crippen LogP contribution in [0.1, 0.15) is 25.7 Å². The van der Waals surface area contributed by atoms with Crippen LogP contribution in [0, 0.1) is 30.1 Å². The van der Waals surface area contributed by atoms with Crippen LogP contribution in [0.15, 0.2) is 0 Å². The third-order valence-electron chi connectivity index (χ3n) is 3.70. The molecule has 0 aromatic heterocycles. The number of carbonyl (C=O) groups is 1. The molecule has 4 aliphatic carbocycles. The van der Waals surface area contributed by atoms with E-state index in [1.807, 2.05) is 0 Å². The second-order valence-corrected chi connectivity index (χ2v) is 4.47. The van der Waals surface area contributed by atoms with Crippen LogP contribution in [0.2, 0.25) is 0 Å². The Bertz CT molecular complexity index is 177. The second-order valence-electron chi connectivity index (χ2n) is 4.47. The fraction of sp³-hybridized carbons (Fsp3) is 0.800. The molecule has 59 valence electrons. The lowest BCUT2D eigenvalue weighted by molar-refractivity contribution is -0.135. The number of hydrogen-bond donors (Lipinski definition) is 0. The van der Waals surface area contributed by atoms with Gasteiger partial charge in [0.1, 0.15) is 5.78 Å². The van der Waals surface area contributed by atoms with Crippen molar-refractivity contribution in [3.8, 4) is 0 Å². The van der Waals surface area contributed by atoms with E-state index in [1.54, 1.807) is 0 Å². The van der Waals surface area contributed by atoms with Crippen LogP contribution in [0.3, 0.4) is 0 Å². The number of carbonyl (C=O) groups excluding carboxylic acids is 1. The molecule has 1 heteroatoms. The smallest absolute Gasteiger partial charge is 0.139 e. The van der Waals surface area contributed by atoms with Crippen LogP contribution in [-0.2, 0) is 4.79 Å². The lowest BCUT2D eigenvalue weighted by Gasteiger charge is -2.48. The Morgan fingerprint density at radius 2 is 2.09 bits per heavy atom. The minimum Gasteiger partial charge on any atom is -0.299 e. The number of Topliss-reactive ketones (excluding diaryl/α,β-unsaturated/α-hetero) is 1. The number of hydrogen-bond acceptors (Lipinski definition) is 1. The minimum absolute atomic E-state index is 0.381. The zero-order chi connectivity index (χ0) is 7.42. The number of rotatable bonds is 0. The summed E-state index contributed by atoms with van der Waals surface area (Å²) in [4.78, 5) is 11.5. The zero-order valence-electron chi connectivity index (χ0n) is 6.62. The quantitative estimate of drug-likeness (QED) is 0.513. The first kappa shape index (κ1) is 6.22. The summed E-state index contributed by atoms with van der Waals surface area (Å²) in [6, 6.07) is 0. The van der Waals surface area contributed by atoms with E-state index in [1.165, 1.54) is 25.7 Å². The molecule has 0 aromatic rings. The molecule has 4 rings (SSSR count). The van der Waals surface area contributed by atoms with Crippen molar-refractivity contribution in [1.82, 2.24) is 0 Å². The van der Waals surface area contributed by atoms with Gasteiger partial charge >= 0.3 is 0 Å². The molecule has 0 heterocycles. The molecule has 0 aliphatic heterocycles. The van der Waals surface area contributed by atoms with E-state index >= 15 is 0 Å². The summed E-state index contributed by atoms with van der Waals surface area (Å²) >= 11 is 0. The van der Waals surface area contributed by atoms with Crippen LogP contribution >= 0.6 is 0 Å². The highest BCUT2D eigenvalue weighted by Gasteiger charge is 2.47. The average molecular weight is 149 g/mol. The molecule has 4 fully saturated rings. The summed E-state index contributed by atoms with van der Waals surface area (Å²) in [5.41, 5.74) is 0. The second kappa shape index (κ2) is 1.88. The van der Waals surface area contributed by atoms with Gasteiger partial charge < -0.3 is 0 Å². The van der Waals surface area contributed by atoms with Gasteiger partial charge in [-0.1, -0.05) is 0 Å². The van der Waals surface area contributed by atoms with Crippen LogP contribution in [0.4, 0.5) is 0 Å². The Kier molecular flexibility index (Phi) is 1.06. The number of ketones is 1. The standard InChI is InChI=1S/C10H13O/c11-10-8-2-6-1-7(4-8)5-9(10)3-6/h2,6-9H,1,3-5H2. The van der Waals surface area contributed by atoms with Gasteiger partial charge in [0.05, 0.1) is 0 Å². The molecule has 11 heavy (non-hydrogen) atoms. The van der Waals surface area contributed by atoms with Gasteiger partial charge in [-0.25, -0.2) is 0 Å². The molecule has 1 radical (unpaired) electrons. The maximum Gasteiger partial charge on any atom is 0.139 e. The summed E-state index contributed by atoms with van der Waals surface area (Å²) in [7, 11) is 0. The van der Waals surface area contributed by atoms with E-state index in [-0.39, 0.29) is 0 Å². The average Bonchev–Trinajstić information content (AvgIpc) is 1.98. The van der Waals surface area contributed by atoms with Crippen LogP contribution in [-0.4, -0.2) is 5.78 Å². The van der Waals surface area contributed by atoms with Crippen LogP contribution < -0.4 is 0 Å². The molecule has 4 bridgehead atoms. The third-order valence-corrected chi connectivity index (χ3v) is 3.70. The maximum absolute atomic E-state index is 11.5. The lowest BCUT2D eigenvalue weighted by atomic mass is 9.56. The van der Waals surface area contributed by atoms with Gasteiger partial charge in [-0.15, -0.1) is 0 Å². The van der Waals surface area contributed by atoms with Gasteiger partial charge in [0.25, 0.3) is 0 Å². The van der Waals surface area contributed by atoms with Crippen molar-refractivity contribution < 1.29 is 4.79 Å². The molecule has 0 amide bonds. The Morgan fingerprint density at radius 1 is 1.18 bits per heavy atom. The van der Waals surface area contributed by atoms with E-state index in [4.69, 9.17) is 0 Å². The highest BCUT2D eigenvalue weighted by atomic mass is 16.1. The topological polar surface area (TPSA) is 17.1 Å². The van der Waals surface area contributed by atoms with E-state index in [0.29, 0.717) is 17.6 Å². The molecule has 0 saturated heterocycles. The first-order valence-electron chi connectivity index (χ1n) is 4.71. The van der Waals surface area contributed by atoms with Gasteiger partial charge in [-0.2, -0.15) is 0 Å². The van der Waals surface area contributed by atoms with Crippen molar-refractivity contribution >= 4 is 5.78 Å². The van der Waals surface area contributed by atoms with Crippen molar-refractivity contribution in [3.05, 3.63) is 6.42 Å². The van der Waals surface area contributed by atoms with E-state index in [9.17, 15) is 4.79 Å². The highest BCUT2D eigenvalue weighted by molar-refractivity contribution is 5.86. The SMILES string of the molecule is O=C1C2[CH]C3CC(C2)CC1C3. The van der Waals surface area contributed by atoms with E-state index < -0.39 is 0 Å². The first-order chi connectivity index (χ1) is 5.33. The molecule has 4 atom stereocenters. The van der Waals surface area contributed by atoms with Crippen molar-refractivity contribution in [2.45, 2.75) is 25.7 Å². The minimum atomic E-state index is 0.381. The fourth-order valence-electron chi connectivity index (χ4n) is 3.35. The molecule has 4 unspecified atom stereocenters. The largest absolute Gasteiger partial charge is 0.299 e. The Hall–Kier alpha value is -0.330. The normalized spacial score (nSPS) is 53.6. The van der Waals surface area contributed by atoms with Crippen molar-refractivity contribution in [1.29, 1.82) is 0 Å². The van der Waals surface area contributed by atoms with Gasteiger partial charge in [-0.05, 0) is 43.9 Å².